The molecule has 0 unspecified atom stereocenters. The van der Waals surface area contributed by atoms with Gasteiger partial charge in [0.25, 0.3) is 0 Å². The topological polar surface area (TPSA) is 56.0 Å². The van der Waals surface area contributed by atoms with E-state index in [-0.39, 0.29) is 5.82 Å². The van der Waals surface area contributed by atoms with E-state index in [2.05, 4.69) is 4.98 Å². The molecule has 3 nitrogen and oxygen atoms in total. The van der Waals surface area contributed by atoms with Crippen LogP contribution in [0.2, 0.25) is 0 Å². The second-order valence-electron chi connectivity index (χ2n) is 4.42. The van der Waals surface area contributed by atoms with Gasteiger partial charge in [0, 0.05) is 10.9 Å². The van der Waals surface area contributed by atoms with Gasteiger partial charge in [-0.15, -0.1) is 0 Å². The van der Waals surface area contributed by atoms with Crippen LogP contribution in [0.15, 0.2) is 54.6 Å². The number of rotatable bonds is 2. The first-order chi connectivity index (χ1) is 9.66. The predicted molar refractivity (Wildman–Crippen MR) is 75.7 cm³/mol. The molecule has 3 rings (SSSR count). The third-order valence-corrected chi connectivity index (χ3v) is 3.13. The van der Waals surface area contributed by atoms with Crippen LogP contribution in [-0.2, 0) is 0 Å². The average Bonchev–Trinajstić information content (AvgIpc) is 2.46. The zero-order chi connectivity index (χ0) is 14.1. The number of benzene rings is 2. The molecule has 0 spiro atoms. The number of amides is 1. The summed E-state index contributed by atoms with van der Waals surface area (Å²) in [6.45, 7) is 0. The molecule has 3 aromatic rings. The Balaban J connectivity index is 2.33. The van der Waals surface area contributed by atoms with Crippen molar-refractivity contribution in [3.05, 3.63) is 66.0 Å². The first-order valence-electron chi connectivity index (χ1n) is 6.11. The zero-order valence-electron chi connectivity index (χ0n) is 10.5. The molecule has 2 aromatic carbocycles. The highest BCUT2D eigenvalue weighted by molar-refractivity contribution is 6.06. The first kappa shape index (κ1) is 12.3. The van der Waals surface area contributed by atoms with Gasteiger partial charge in [-0.1, -0.05) is 30.3 Å². The van der Waals surface area contributed by atoms with Crippen molar-refractivity contribution >= 4 is 16.8 Å². The van der Waals surface area contributed by atoms with Crippen molar-refractivity contribution in [2.75, 3.05) is 0 Å². The second-order valence-corrected chi connectivity index (χ2v) is 4.42. The number of halogens is 1. The van der Waals surface area contributed by atoms with Gasteiger partial charge in [0.15, 0.2) is 0 Å². The van der Waals surface area contributed by atoms with Gasteiger partial charge in [-0.2, -0.15) is 0 Å². The van der Waals surface area contributed by atoms with E-state index in [1.54, 1.807) is 36.4 Å². The lowest BCUT2D eigenvalue weighted by Gasteiger charge is -2.08. The SMILES string of the molecule is NC(=O)c1cc(-c2ccccc2F)nc2ccccc12. The molecule has 0 radical (unpaired) electrons. The summed E-state index contributed by atoms with van der Waals surface area (Å²) in [5.41, 5.74) is 7.11. The molecule has 0 atom stereocenters. The smallest absolute Gasteiger partial charge is 0.249 e. The van der Waals surface area contributed by atoms with Gasteiger partial charge in [0.1, 0.15) is 5.82 Å². The van der Waals surface area contributed by atoms with Gasteiger partial charge in [-0.05, 0) is 24.3 Å². The standard InChI is InChI=1S/C16H11FN2O/c17-13-7-3-1-6-11(13)15-9-12(16(18)20)10-5-2-4-8-14(10)19-15/h1-9H,(H2,18,20). The van der Waals surface area contributed by atoms with E-state index >= 15 is 0 Å². The normalized spacial score (nSPS) is 10.7. The summed E-state index contributed by atoms with van der Waals surface area (Å²) in [5.74, 6) is -0.938. The van der Waals surface area contributed by atoms with Crippen molar-refractivity contribution in [2.45, 2.75) is 0 Å². The largest absolute Gasteiger partial charge is 0.366 e. The Labute approximate surface area is 114 Å². The molecule has 0 saturated heterocycles. The molecular formula is C16H11FN2O. The molecule has 20 heavy (non-hydrogen) atoms. The fraction of sp³-hybridized carbons (Fsp3) is 0. The van der Waals surface area contributed by atoms with Crippen molar-refractivity contribution in [1.82, 2.24) is 4.98 Å². The van der Waals surface area contributed by atoms with Crippen LogP contribution in [0.25, 0.3) is 22.2 Å². The predicted octanol–water partition coefficient (Wildman–Crippen LogP) is 3.14. The van der Waals surface area contributed by atoms with Crippen LogP contribution in [0.1, 0.15) is 10.4 Å². The molecule has 2 N–H and O–H groups in total. The van der Waals surface area contributed by atoms with E-state index in [9.17, 15) is 9.18 Å². The molecule has 0 saturated carbocycles. The monoisotopic (exact) mass is 266 g/mol. The fourth-order valence-electron chi connectivity index (χ4n) is 2.19. The molecule has 1 heterocycles. The van der Waals surface area contributed by atoms with Gasteiger partial charge < -0.3 is 5.73 Å². The van der Waals surface area contributed by atoms with Crippen molar-refractivity contribution in [3.8, 4) is 11.3 Å². The molecule has 98 valence electrons. The van der Waals surface area contributed by atoms with E-state index in [1.165, 1.54) is 12.1 Å². The molecule has 0 bridgehead atoms. The highest BCUT2D eigenvalue weighted by Crippen LogP contribution is 2.26. The Hall–Kier alpha value is -2.75. The summed E-state index contributed by atoms with van der Waals surface area (Å²) in [5, 5.41) is 0.667. The molecule has 4 heteroatoms. The average molecular weight is 266 g/mol. The molecular weight excluding hydrogens is 255 g/mol. The van der Waals surface area contributed by atoms with Crippen molar-refractivity contribution in [2.24, 2.45) is 5.73 Å². The number of carbonyl (C=O) groups excluding carboxylic acids is 1. The Morgan fingerprint density at radius 1 is 1.05 bits per heavy atom. The van der Waals surface area contributed by atoms with Gasteiger partial charge in [-0.3, -0.25) is 4.79 Å². The maximum Gasteiger partial charge on any atom is 0.249 e. The molecule has 0 aliphatic heterocycles. The first-order valence-corrected chi connectivity index (χ1v) is 6.11. The van der Waals surface area contributed by atoms with E-state index in [4.69, 9.17) is 5.73 Å². The summed E-state index contributed by atoms with van der Waals surface area (Å²) in [4.78, 5) is 16.0. The van der Waals surface area contributed by atoms with E-state index in [0.717, 1.165) is 0 Å². The summed E-state index contributed by atoms with van der Waals surface area (Å²) in [6, 6.07) is 15.0. The van der Waals surface area contributed by atoms with Crippen LogP contribution >= 0.6 is 0 Å². The Morgan fingerprint density at radius 2 is 1.75 bits per heavy atom. The van der Waals surface area contributed by atoms with Crippen LogP contribution in [-0.4, -0.2) is 10.9 Å². The maximum absolute atomic E-state index is 13.9. The number of primary amides is 1. The number of nitrogens with zero attached hydrogens (tertiary/aromatic N) is 1. The Kier molecular flexibility index (Phi) is 2.91. The van der Waals surface area contributed by atoms with Crippen LogP contribution in [0.3, 0.4) is 0 Å². The minimum atomic E-state index is -0.554. The summed E-state index contributed by atoms with van der Waals surface area (Å²) in [6.07, 6.45) is 0. The number of nitrogens with two attached hydrogens (primary N) is 1. The Morgan fingerprint density at radius 3 is 2.50 bits per heavy atom. The van der Waals surface area contributed by atoms with E-state index < -0.39 is 5.91 Å². The van der Waals surface area contributed by atoms with E-state index in [0.29, 0.717) is 27.7 Å². The lowest BCUT2D eigenvalue weighted by atomic mass is 10.0. The van der Waals surface area contributed by atoms with Crippen LogP contribution in [0.4, 0.5) is 4.39 Å². The lowest BCUT2D eigenvalue weighted by Crippen LogP contribution is -2.12. The number of pyridine rings is 1. The minimum absolute atomic E-state index is 0.342. The van der Waals surface area contributed by atoms with Crippen molar-refractivity contribution < 1.29 is 9.18 Å². The lowest BCUT2D eigenvalue weighted by molar-refractivity contribution is 0.100. The third kappa shape index (κ3) is 2.01. The fourth-order valence-corrected chi connectivity index (χ4v) is 2.19. The second kappa shape index (κ2) is 4.74. The summed E-state index contributed by atoms with van der Waals surface area (Å²) >= 11 is 0. The number of fused-ring (bicyclic) bond motifs is 1. The quantitative estimate of drug-likeness (QED) is 0.774. The van der Waals surface area contributed by atoms with E-state index in [1.807, 2.05) is 6.07 Å². The van der Waals surface area contributed by atoms with Crippen molar-refractivity contribution in [3.63, 3.8) is 0 Å². The maximum atomic E-state index is 13.9. The van der Waals surface area contributed by atoms with Gasteiger partial charge >= 0.3 is 0 Å². The number of para-hydroxylation sites is 1. The highest BCUT2D eigenvalue weighted by atomic mass is 19.1. The third-order valence-electron chi connectivity index (χ3n) is 3.13. The van der Waals surface area contributed by atoms with Crippen molar-refractivity contribution in [1.29, 1.82) is 0 Å². The highest BCUT2D eigenvalue weighted by Gasteiger charge is 2.13. The van der Waals surface area contributed by atoms with Gasteiger partial charge in [0.2, 0.25) is 5.91 Å². The number of carbonyl (C=O) groups is 1. The molecule has 0 aliphatic carbocycles. The van der Waals surface area contributed by atoms with Gasteiger partial charge in [0.05, 0.1) is 16.8 Å². The molecule has 1 aromatic heterocycles. The van der Waals surface area contributed by atoms with Crippen LogP contribution < -0.4 is 5.73 Å². The molecule has 0 fully saturated rings. The number of hydrogen-bond donors (Lipinski definition) is 1. The molecule has 1 amide bonds. The Bertz CT molecular complexity index is 814. The van der Waals surface area contributed by atoms with Gasteiger partial charge in [-0.25, -0.2) is 9.37 Å². The molecule has 0 aliphatic rings. The van der Waals surface area contributed by atoms with Crippen LogP contribution in [0, 0.1) is 5.82 Å². The summed E-state index contributed by atoms with van der Waals surface area (Å²) < 4.78 is 13.9. The zero-order valence-corrected chi connectivity index (χ0v) is 10.5. The number of aromatic nitrogens is 1. The minimum Gasteiger partial charge on any atom is -0.366 e. The van der Waals surface area contributed by atoms with Crippen LogP contribution in [0.5, 0.6) is 0 Å². The number of hydrogen-bond acceptors (Lipinski definition) is 2. The summed E-state index contributed by atoms with van der Waals surface area (Å²) in [7, 11) is 0.